The molecule has 0 amide bonds. The number of hydrogen-bond acceptors (Lipinski definition) is 4. The van der Waals surface area contributed by atoms with Crippen LogP contribution in [0.1, 0.15) is 16.7 Å². The van der Waals surface area contributed by atoms with E-state index >= 15 is 0 Å². The highest BCUT2D eigenvalue weighted by Gasteiger charge is 2.11. The van der Waals surface area contributed by atoms with Crippen LogP contribution in [0.3, 0.4) is 0 Å². The molecule has 0 aromatic heterocycles. The van der Waals surface area contributed by atoms with E-state index in [2.05, 4.69) is 21.8 Å². The van der Waals surface area contributed by atoms with Gasteiger partial charge in [-0.05, 0) is 22.8 Å². The van der Waals surface area contributed by atoms with Crippen molar-refractivity contribution in [3.63, 3.8) is 0 Å². The van der Waals surface area contributed by atoms with Gasteiger partial charge < -0.3 is 4.74 Å². The Labute approximate surface area is 155 Å². The number of sulfonamides is 1. The van der Waals surface area contributed by atoms with Gasteiger partial charge in [0, 0.05) is 31.6 Å². The molecule has 6 heteroatoms. The zero-order chi connectivity index (χ0) is 18.2. The lowest BCUT2D eigenvalue weighted by atomic mass is 10.1. The molecule has 2 aromatic carbocycles. The molecule has 5 nitrogen and oxygen atoms in total. The second kappa shape index (κ2) is 9.09. The maximum Gasteiger partial charge on any atom is 0.234 e. The summed E-state index contributed by atoms with van der Waals surface area (Å²) >= 11 is 0. The summed E-state index contributed by atoms with van der Waals surface area (Å²) in [4.78, 5) is 2.34. The van der Waals surface area contributed by atoms with E-state index in [1.807, 2.05) is 42.5 Å². The third kappa shape index (κ3) is 6.07. The number of ether oxygens (including phenoxy) is 1. The van der Waals surface area contributed by atoms with E-state index in [0.717, 1.165) is 44.0 Å². The smallest absolute Gasteiger partial charge is 0.234 e. The summed E-state index contributed by atoms with van der Waals surface area (Å²) in [6, 6.07) is 17.4. The standard InChI is InChI=1S/C20H24N2O3S/c23-26(24,14-9-18-5-2-1-3-6-18)21-16-19-7-4-8-20(15-19)17-22-10-12-25-13-11-22/h1-9,14-15,21H,10-13,16-17H2/b14-9+. The minimum absolute atomic E-state index is 0.276. The van der Waals surface area contributed by atoms with Gasteiger partial charge in [-0.3, -0.25) is 4.90 Å². The molecule has 2 aromatic rings. The second-order valence-electron chi connectivity index (χ2n) is 6.29. The van der Waals surface area contributed by atoms with Crippen LogP contribution in [-0.4, -0.2) is 39.6 Å². The number of morpholine rings is 1. The highest BCUT2D eigenvalue weighted by Crippen LogP contribution is 2.11. The predicted octanol–water partition coefficient (Wildman–Crippen LogP) is 2.61. The Morgan fingerprint density at radius 2 is 1.73 bits per heavy atom. The van der Waals surface area contributed by atoms with Crippen molar-refractivity contribution in [3.8, 4) is 0 Å². The van der Waals surface area contributed by atoms with Gasteiger partial charge in [0.1, 0.15) is 0 Å². The fraction of sp³-hybridized carbons (Fsp3) is 0.300. The lowest BCUT2D eigenvalue weighted by Crippen LogP contribution is -2.35. The molecule has 0 radical (unpaired) electrons. The summed E-state index contributed by atoms with van der Waals surface area (Å²) in [5.74, 6) is 0. The number of hydrogen-bond donors (Lipinski definition) is 1. The molecule has 0 spiro atoms. The summed E-state index contributed by atoms with van der Waals surface area (Å²) in [7, 11) is -3.48. The Balaban J connectivity index is 1.56. The van der Waals surface area contributed by atoms with Crippen molar-refractivity contribution < 1.29 is 13.2 Å². The van der Waals surface area contributed by atoms with E-state index in [0.29, 0.717) is 0 Å². The zero-order valence-corrected chi connectivity index (χ0v) is 15.5. The SMILES string of the molecule is O=S(=O)(/C=C/c1ccccc1)NCc1cccc(CN2CCOCC2)c1. The minimum atomic E-state index is -3.48. The lowest BCUT2D eigenvalue weighted by Gasteiger charge is -2.26. The zero-order valence-electron chi connectivity index (χ0n) is 14.7. The van der Waals surface area contributed by atoms with Gasteiger partial charge in [-0.15, -0.1) is 0 Å². The van der Waals surface area contributed by atoms with Crippen LogP contribution in [0.15, 0.2) is 60.0 Å². The number of rotatable bonds is 7. The van der Waals surface area contributed by atoms with Gasteiger partial charge in [0.15, 0.2) is 0 Å². The highest BCUT2D eigenvalue weighted by atomic mass is 32.2. The third-order valence-corrected chi connectivity index (χ3v) is 5.26. The van der Waals surface area contributed by atoms with E-state index in [9.17, 15) is 8.42 Å². The van der Waals surface area contributed by atoms with Crippen molar-refractivity contribution in [3.05, 3.63) is 76.7 Å². The molecule has 3 rings (SSSR count). The monoisotopic (exact) mass is 372 g/mol. The molecule has 1 heterocycles. The van der Waals surface area contributed by atoms with E-state index in [1.165, 1.54) is 11.0 Å². The van der Waals surface area contributed by atoms with Crippen molar-refractivity contribution in [1.82, 2.24) is 9.62 Å². The number of nitrogens with one attached hydrogen (secondary N) is 1. The van der Waals surface area contributed by atoms with E-state index in [4.69, 9.17) is 4.74 Å². The van der Waals surface area contributed by atoms with Gasteiger partial charge in [-0.25, -0.2) is 13.1 Å². The molecular weight excluding hydrogens is 348 g/mol. The normalized spacial score (nSPS) is 16.2. The molecule has 1 saturated heterocycles. The van der Waals surface area contributed by atoms with Gasteiger partial charge in [-0.1, -0.05) is 54.6 Å². The summed E-state index contributed by atoms with van der Waals surface area (Å²) in [5, 5.41) is 1.21. The largest absolute Gasteiger partial charge is 0.379 e. The van der Waals surface area contributed by atoms with Crippen LogP contribution in [-0.2, 0) is 27.8 Å². The summed E-state index contributed by atoms with van der Waals surface area (Å²) in [6.45, 7) is 4.54. The highest BCUT2D eigenvalue weighted by molar-refractivity contribution is 7.92. The van der Waals surface area contributed by atoms with Gasteiger partial charge in [0.2, 0.25) is 10.0 Å². The minimum Gasteiger partial charge on any atom is -0.379 e. The summed E-state index contributed by atoms with van der Waals surface area (Å²) in [6.07, 6.45) is 1.59. The molecule has 0 bridgehead atoms. The molecule has 1 N–H and O–H groups in total. The van der Waals surface area contributed by atoms with Crippen LogP contribution in [0.2, 0.25) is 0 Å². The van der Waals surface area contributed by atoms with Gasteiger partial charge in [-0.2, -0.15) is 0 Å². The van der Waals surface area contributed by atoms with Crippen LogP contribution >= 0.6 is 0 Å². The average molecular weight is 372 g/mol. The Kier molecular flexibility index (Phi) is 6.57. The predicted molar refractivity (Wildman–Crippen MR) is 104 cm³/mol. The maximum absolute atomic E-state index is 12.2. The number of benzene rings is 2. The van der Waals surface area contributed by atoms with Crippen LogP contribution in [0.5, 0.6) is 0 Å². The van der Waals surface area contributed by atoms with Crippen molar-refractivity contribution in [2.45, 2.75) is 13.1 Å². The average Bonchev–Trinajstić information content (AvgIpc) is 2.67. The first-order chi connectivity index (χ1) is 12.6. The maximum atomic E-state index is 12.2. The molecule has 0 saturated carbocycles. The summed E-state index contributed by atoms with van der Waals surface area (Å²) in [5.41, 5.74) is 2.99. The van der Waals surface area contributed by atoms with E-state index in [-0.39, 0.29) is 6.54 Å². The van der Waals surface area contributed by atoms with Crippen molar-refractivity contribution in [1.29, 1.82) is 0 Å². The van der Waals surface area contributed by atoms with Crippen molar-refractivity contribution >= 4 is 16.1 Å². The molecule has 1 fully saturated rings. The molecule has 0 atom stereocenters. The Morgan fingerprint density at radius 3 is 2.50 bits per heavy atom. The second-order valence-corrected chi connectivity index (χ2v) is 7.94. The molecule has 138 valence electrons. The van der Waals surface area contributed by atoms with Crippen LogP contribution in [0.4, 0.5) is 0 Å². The first kappa shape index (κ1) is 18.8. The quantitative estimate of drug-likeness (QED) is 0.812. The first-order valence-corrected chi connectivity index (χ1v) is 10.3. The first-order valence-electron chi connectivity index (χ1n) is 8.71. The summed E-state index contributed by atoms with van der Waals surface area (Å²) < 4.78 is 32.3. The molecule has 1 aliphatic heterocycles. The van der Waals surface area contributed by atoms with E-state index in [1.54, 1.807) is 6.08 Å². The Hall–Kier alpha value is -1.99. The number of nitrogens with zero attached hydrogens (tertiary/aromatic N) is 1. The Bertz CT molecular complexity index is 829. The van der Waals surface area contributed by atoms with Crippen LogP contribution in [0.25, 0.3) is 6.08 Å². The molecule has 0 aliphatic carbocycles. The Morgan fingerprint density at radius 1 is 1.00 bits per heavy atom. The fourth-order valence-electron chi connectivity index (χ4n) is 2.82. The fourth-order valence-corrected chi connectivity index (χ4v) is 3.62. The van der Waals surface area contributed by atoms with E-state index < -0.39 is 10.0 Å². The molecular formula is C20H24N2O3S. The van der Waals surface area contributed by atoms with Gasteiger partial charge in [0.05, 0.1) is 13.2 Å². The lowest BCUT2D eigenvalue weighted by molar-refractivity contribution is 0.0342. The van der Waals surface area contributed by atoms with Gasteiger partial charge in [0.25, 0.3) is 0 Å². The van der Waals surface area contributed by atoms with Crippen LogP contribution in [0, 0.1) is 0 Å². The van der Waals surface area contributed by atoms with Crippen LogP contribution < -0.4 is 4.72 Å². The van der Waals surface area contributed by atoms with Gasteiger partial charge >= 0.3 is 0 Å². The van der Waals surface area contributed by atoms with Crippen molar-refractivity contribution in [2.75, 3.05) is 26.3 Å². The van der Waals surface area contributed by atoms with Crippen molar-refractivity contribution in [2.24, 2.45) is 0 Å². The molecule has 1 aliphatic rings. The molecule has 26 heavy (non-hydrogen) atoms. The third-order valence-electron chi connectivity index (χ3n) is 4.22. The topological polar surface area (TPSA) is 58.6 Å². The molecule has 0 unspecified atom stereocenters.